The Morgan fingerprint density at radius 2 is 2.35 bits per heavy atom. The van der Waals surface area contributed by atoms with E-state index >= 15 is 0 Å². The first-order valence-corrected chi connectivity index (χ1v) is 6.84. The van der Waals surface area contributed by atoms with E-state index in [-0.39, 0.29) is 18.0 Å². The molecule has 1 aromatic heterocycles. The van der Waals surface area contributed by atoms with Crippen LogP contribution in [-0.2, 0) is 7.05 Å². The molecule has 1 aliphatic rings. The van der Waals surface area contributed by atoms with Crippen LogP contribution in [-0.4, -0.2) is 16.1 Å². The number of aryl methyl sites for hydroxylation is 1. The van der Waals surface area contributed by atoms with Gasteiger partial charge < -0.3 is 14.6 Å². The lowest BCUT2D eigenvalue weighted by atomic mass is 9.95. The number of benzene rings is 1. The second-order valence-electron chi connectivity index (χ2n) is 5.06. The maximum Gasteiger partial charge on any atom is 0.142 e. The van der Waals surface area contributed by atoms with Crippen molar-refractivity contribution in [1.29, 1.82) is 0 Å². The summed E-state index contributed by atoms with van der Waals surface area (Å²) in [6.45, 7) is 2.88. The molecule has 0 radical (unpaired) electrons. The summed E-state index contributed by atoms with van der Waals surface area (Å²) in [7, 11) is 1.95. The number of ether oxygens (including phenoxy) is 1. The van der Waals surface area contributed by atoms with Gasteiger partial charge in [0.05, 0.1) is 18.2 Å². The molecule has 0 saturated carbocycles. The summed E-state index contributed by atoms with van der Waals surface area (Å²) < 4.78 is 21.4. The van der Waals surface area contributed by atoms with Gasteiger partial charge in [-0.15, -0.1) is 0 Å². The number of rotatable bonds is 3. The third-order valence-corrected chi connectivity index (χ3v) is 3.70. The molecule has 5 heteroatoms. The van der Waals surface area contributed by atoms with Gasteiger partial charge >= 0.3 is 0 Å². The van der Waals surface area contributed by atoms with Crippen LogP contribution in [0, 0.1) is 5.82 Å². The number of hydrogen-bond acceptors (Lipinski definition) is 3. The van der Waals surface area contributed by atoms with Gasteiger partial charge in [0.2, 0.25) is 0 Å². The number of hydrogen-bond donors (Lipinski definition) is 1. The highest BCUT2D eigenvalue weighted by molar-refractivity contribution is 5.39. The summed E-state index contributed by atoms with van der Waals surface area (Å²) >= 11 is 0. The largest absolute Gasteiger partial charge is 0.484 e. The second-order valence-corrected chi connectivity index (χ2v) is 5.06. The van der Waals surface area contributed by atoms with Crippen LogP contribution in [0.4, 0.5) is 4.39 Å². The van der Waals surface area contributed by atoms with E-state index in [0.29, 0.717) is 0 Å². The summed E-state index contributed by atoms with van der Waals surface area (Å²) in [6, 6.07) is 4.80. The molecular formula is C15H18FN3O. The zero-order valence-electron chi connectivity index (χ0n) is 11.6. The predicted octanol–water partition coefficient (Wildman–Crippen LogP) is 2.73. The molecule has 2 atom stereocenters. The number of halogens is 1. The van der Waals surface area contributed by atoms with E-state index in [0.717, 1.165) is 30.0 Å². The van der Waals surface area contributed by atoms with Crippen molar-refractivity contribution in [3.05, 3.63) is 47.8 Å². The number of aromatic nitrogens is 2. The lowest BCUT2D eigenvalue weighted by molar-refractivity contribution is 0.145. The zero-order chi connectivity index (χ0) is 14.1. The molecule has 1 aromatic carbocycles. The van der Waals surface area contributed by atoms with Gasteiger partial charge in [-0.2, -0.15) is 0 Å². The van der Waals surface area contributed by atoms with E-state index in [1.807, 2.05) is 24.7 Å². The zero-order valence-corrected chi connectivity index (χ0v) is 11.6. The van der Waals surface area contributed by atoms with Crippen molar-refractivity contribution in [1.82, 2.24) is 14.9 Å². The molecule has 0 spiro atoms. The van der Waals surface area contributed by atoms with Gasteiger partial charge in [0, 0.05) is 25.1 Å². The normalized spacial score (nSPS) is 21.4. The Balaban J connectivity index is 1.96. The Morgan fingerprint density at radius 1 is 1.50 bits per heavy atom. The van der Waals surface area contributed by atoms with E-state index in [1.165, 1.54) is 6.07 Å². The van der Waals surface area contributed by atoms with Crippen LogP contribution >= 0.6 is 0 Å². The van der Waals surface area contributed by atoms with E-state index in [9.17, 15) is 4.39 Å². The highest BCUT2D eigenvalue weighted by Crippen LogP contribution is 2.40. The first-order chi connectivity index (χ1) is 9.69. The van der Waals surface area contributed by atoms with Gasteiger partial charge in [0.25, 0.3) is 0 Å². The SMILES string of the molecule is CCNC1CC(c2cncn2C)Oc2ccc(F)cc21. The smallest absolute Gasteiger partial charge is 0.142 e. The fraction of sp³-hybridized carbons (Fsp3) is 0.400. The number of nitrogens with zero attached hydrogens (tertiary/aromatic N) is 2. The number of nitrogens with one attached hydrogen (secondary N) is 1. The molecule has 2 heterocycles. The molecule has 4 nitrogen and oxygen atoms in total. The van der Waals surface area contributed by atoms with Crippen LogP contribution in [0.1, 0.15) is 36.7 Å². The fourth-order valence-corrected chi connectivity index (χ4v) is 2.74. The minimum absolute atomic E-state index is 0.0653. The fourth-order valence-electron chi connectivity index (χ4n) is 2.74. The molecule has 2 unspecified atom stereocenters. The summed E-state index contributed by atoms with van der Waals surface area (Å²) in [5.41, 5.74) is 1.92. The molecule has 20 heavy (non-hydrogen) atoms. The van der Waals surface area contributed by atoms with E-state index in [4.69, 9.17) is 4.74 Å². The van der Waals surface area contributed by atoms with Crippen molar-refractivity contribution in [2.45, 2.75) is 25.5 Å². The van der Waals surface area contributed by atoms with E-state index in [2.05, 4.69) is 10.3 Å². The Hall–Kier alpha value is -1.88. The van der Waals surface area contributed by atoms with Crippen LogP contribution in [0.5, 0.6) is 5.75 Å². The maximum atomic E-state index is 13.4. The molecule has 0 amide bonds. The molecule has 3 rings (SSSR count). The van der Waals surface area contributed by atoms with Crippen molar-refractivity contribution in [2.24, 2.45) is 7.05 Å². The van der Waals surface area contributed by atoms with Crippen LogP contribution in [0.25, 0.3) is 0 Å². The van der Waals surface area contributed by atoms with Gasteiger partial charge in [-0.1, -0.05) is 6.92 Å². The Kier molecular flexibility index (Phi) is 3.44. The predicted molar refractivity (Wildman–Crippen MR) is 74.0 cm³/mol. The third kappa shape index (κ3) is 2.29. The van der Waals surface area contributed by atoms with Crippen LogP contribution in [0.15, 0.2) is 30.7 Å². The lowest BCUT2D eigenvalue weighted by Crippen LogP contribution is -2.29. The van der Waals surface area contributed by atoms with Gasteiger partial charge in [-0.3, -0.25) is 0 Å². The molecule has 0 bridgehead atoms. The van der Waals surface area contributed by atoms with Crippen molar-refractivity contribution in [3.8, 4) is 5.75 Å². The van der Waals surface area contributed by atoms with Gasteiger partial charge in [-0.25, -0.2) is 9.37 Å². The highest BCUT2D eigenvalue weighted by Gasteiger charge is 2.30. The number of fused-ring (bicyclic) bond motifs is 1. The van der Waals surface area contributed by atoms with Gasteiger partial charge in [0.1, 0.15) is 17.7 Å². The van der Waals surface area contributed by atoms with Crippen LogP contribution in [0.3, 0.4) is 0 Å². The molecule has 1 N–H and O–H groups in total. The van der Waals surface area contributed by atoms with Crippen molar-refractivity contribution < 1.29 is 9.13 Å². The molecule has 0 fully saturated rings. The summed E-state index contributed by atoms with van der Waals surface area (Å²) in [5, 5.41) is 3.40. The van der Waals surface area contributed by atoms with Crippen LogP contribution in [0.2, 0.25) is 0 Å². The molecular weight excluding hydrogens is 257 g/mol. The average Bonchev–Trinajstić information content (AvgIpc) is 2.85. The minimum Gasteiger partial charge on any atom is -0.484 e. The quantitative estimate of drug-likeness (QED) is 0.936. The Bertz CT molecular complexity index is 611. The standard InChI is InChI=1S/C15H18FN3O/c1-3-18-12-7-15(13-8-17-9-19(13)2)20-14-5-4-10(16)6-11(12)14/h4-6,8-9,12,15,18H,3,7H2,1-2H3. The molecule has 0 saturated heterocycles. The molecule has 2 aromatic rings. The van der Waals surface area contributed by atoms with Crippen molar-refractivity contribution in [2.75, 3.05) is 6.54 Å². The summed E-state index contributed by atoms with van der Waals surface area (Å²) in [5.74, 6) is 0.518. The van der Waals surface area contributed by atoms with E-state index in [1.54, 1.807) is 18.5 Å². The first kappa shape index (κ1) is 13.1. The third-order valence-electron chi connectivity index (χ3n) is 3.70. The topological polar surface area (TPSA) is 39.1 Å². The molecule has 1 aliphatic heterocycles. The van der Waals surface area contributed by atoms with Crippen molar-refractivity contribution in [3.63, 3.8) is 0 Å². The van der Waals surface area contributed by atoms with Crippen LogP contribution < -0.4 is 10.1 Å². The Labute approximate surface area is 117 Å². The van der Waals surface area contributed by atoms with Gasteiger partial charge in [0.15, 0.2) is 0 Å². The molecule has 106 valence electrons. The average molecular weight is 275 g/mol. The highest BCUT2D eigenvalue weighted by atomic mass is 19.1. The lowest BCUT2D eigenvalue weighted by Gasteiger charge is -2.32. The van der Waals surface area contributed by atoms with Gasteiger partial charge in [-0.05, 0) is 24.7 Å². The van der Waals surface area contributed by atoms with E-state index < -0.39 is 0 Å². The molecule has 0 aliphatic carbocycles. The second kappa shape index (κ2) is 5.25. The number of imidazole rings is 1. The minimum atomic E-state index is -0.228. The Morgan fingerprint density at radius 3 is 3.05 bits per heavy atom. The summed E-state index contributed by atoms with van der Waals surface area (Å²) in [4.78, 5) is 4.14. The summed E-state index contributed by atoms with van der Waals surface area (Å²) in [6.07, 6.45) is 4.29. The van der Waals surface area contributed by atoms with Crippen molar-refractivity contribution >= 4 is 0 Å². The maximum absolute atomic E-state index is 13.4. The monoisotopic (exact) mass is 275 g/mol. The first-order valence-electron chi connectivity index (χ1n) is 6.84.